The molecular weight excluding hydrogens is 322 g/mol. The van der Waals surface area contributed by atoms with Crippen LogP contribution in [0.3, 0.4) is 0 Å². The van der Waals surface area contributed by atoms with E-state index in [2.05, 4.69) is 32.4 Å². The van der Waals surface area contributed by atoms with Crippen molar-refractivity contribution in [2.24, 2.45) is 0 Å². The molecule has 122 valence electrons. The lowest BCUT2D eigenvalue weighted by atomic mass is 10.1. The fourth-order valence-corrected chi connectivity index (χ4v) is 2.80. The van der Waals surface area contributed by atoms with Crippen molar-refractivity contribution in [1.82, 2.24) is 20.2 Å². The van der Waals surface area contributed by atoms with Crippen LogP contribution in [-0.4, -0.2) is 31.8 Å². The molecule has 1 amide bonds. The minimum Gasteiger partial charge on any atom is -0.319 e. The molecular formula is C17H17N5OS. The van der Waals surface area contributed by atoms with Crippen molar-refractivity contribution in [2.75, 3.05) is 11.1 Å². The molecule has 2 N–H and O–H groups in total. The second-order valence-electron chi connectivity index (χ2n) is 5.04. The van der Waals surface area contributed by atoms with Gasteiger partial charge in [-0.2, -0.15) is 16.9 Å². The first kappa shape index (κ1) is 16.2. The highest BCUT2D eigenvalue weighted by atomic mass is 32.2. The number of amides is 1. The van der Waals surface area contributed by atoms with E-state index in [4.69, 9.17) is 0 Å². The average Bonchev–Trinajstić information content (AvgIpc) is 3.09. The van der Waals surface area contributed by atoms with E-state index in [9.17, 15) is 4.79 Å². The van der Waals surface area contributed by atoms with Gasteiger partial charge in [-0.05, 0) is 23.4 Å². The van der Waals surface area contributed by atoms with E-state index in [1.165, 1.54) is 5.56 Å². The molecule has 0 unspecified atom stereocenters. The molecule has 7 heteroatoms. The third-order valence-corrected chi connectivity index (χ3v) is 4.34. The third kappa shape index (κ3) is 3.80. The Labute approximate surface area is 144 Å². The first-order valence-electron chi connectivity index (χ1n) is 7.55. The molecule has 0 atom stereocenters. The van der Waals surface area contributed by atoms with Gasteiger partial charge in [0.15, 0.2) is 0 Å². The SMILES string of the molecule is CCSCc1ccc(C(=O)Nc2cn[nH]c2-c2cnccn2)cc1. The molecule has 0 aliphatic heterocycles. The number of carbonyl (C=O) groups is 1. The Kier molecular flexibility index (Phi) is 5.22. The van der Waals surface area contributed by atoms with Gasteiger partial charge in [-0.25, -0.2) is 0 Å². The number of carbonyl (C=O) groups excluding carboxylic acids is 1. The van der Waals surface area contributed by atoms with Crippen LogP contribution >= 0.6 is 11.8 Å². The van der Waals surface area contributed by atoms with Crippen LogP contribution in [0, 0.1) is 0 Å². The molecule has 3 rings (SSSR count). The van der Waals surface area contributed by atoms with Gasteiger partial charge < -0.3 is 5.32 Å². The van der Waals surface area contributed by atoms with Gasteiger partial charge in [0.2, 0.25) is 0 Å². The number of thioether (sulfide) groups is 1. The van der Waals surface area contributed by atoms with Crippen LogP contribution in [0.15, 0.2) is 49.1 Å². The van der Waals surface area contributed by atoms with Crippen molar-refractivity contribution in [2.45, 2.75) is 12.7 Å². The Bertz CT molecular complexity index is 801. The van der Waals surface area contributed by atoms with Crippen LogP contribution < -0.4 is 5.32 Å². The molecule has 0 spiro atoms. The number of hydrogen-bond acceptors (Lipinski definition) is 5. The molecule has 0 fully saturated rings. The monoisotopic (exact) mass is 339 g/mol. The van der Waals surface area contributed by atoms with Gasteiger partial charge in [0.05, 0.1) is 18.1 Å². The zero-order chi connectivity index (χ0) is 16.8. The highest BCUT2D eigenvalue weighted by Gasteiger charge is 2.13. The number of aromatic amines is 1. The van der Waals surface area contributed by atoms with E-state index >= 15 is 0 Å². The maximum absolute atomic E-state index is 12.4. The molecule has 2 aromatic heterocycles. The molecule has 0 bridgehead atoms. The highest BCUT2D eigenvalue weighted by molar-refractivity contribution is 7.98. The van der Waals surface area contributed by atoms with Crippen LogP contribution in [0.25, 0.3) is 11.4 Å². The van der Waals surface area contributed by atoms with Gasteiger partial charge in [-0.1, -0.05) is 19.1 Å². The molecule has 0 saturated heterocycles. The van der Waals surface area contributed by atoms with E-state index in [0.29, 0.717) is 22.6 Å². The summed E-state index contributed by atoms with van der Waals surface area (Å²) in [6.07, 6.45) is 6.36. The van der Waals surface area contributed by atoms with Crippen LogP contribution in [-0.2, 0) is 5.75 Å². The molecule has 2 heterocycles. The fraction of sp³-hybridized carbons (Fsp3) is 0.176. The minimum atomic E-state index is -0.184. The molecule has 1 aromatic carbocycles. The van der Waals surface area contributed by atoms with Crippen molar-refractivity contribution in [3.63, 3.8) is 0 Å². The number of H-pyrrole nitrogens is 1. The van der Waals surface area contributed by atoms with Crippen LogP contribution in [0.1, 0.15) is 22.8 Å². The summed E-state index contributed by atoms with van der Waals surface area (Å²) in [5.41, 5.74) is 3.64. The lowest BCUT2D eigenvalue weighted by Crippen LogP contribution is -2.12. The molecule has 0 aliphatic rings. The quantitative estimate of drug-likeness (QED) is 0.719. The number of aromatic nitrogens is 4. The predicted octanol–water partition coefficient (Wildman–Crippen LogP) is 3.37. The van der Waals surface area contributed by atoms with Gasteiger partial charge in [0.25, 0.3) is 5.91 Å². The first-order valence-corrected chi connectivity index (χ1v) is 8.71. The zero-order valence-electron chi connectivity index (χ0n) is 13.2. The maximum Gasteiger partial charge on any atom is 0.255 e. The van der Waals surface area contributed by atoms with Crippen LogP contribution in [0.4, 0.5) is 5.69 Å². The number of benzene rings is 1. The summed E-state index contributed by atoms with van der Waals surface area (Å²) in [7, 11) is 0. The lowest BCUT2D eigenvalue weighted by Gasteiger charge is -2.06. The van der Waals surface area contributed by atoms with Crippen molar-refractivity contribution >= 4 is 23.4 Å². The molecule has 0 aliphatic carbocycles. The number of anilines is 1. The smallest absolute Gasteiger partial charge is 0.255 e. The van der Waals surface area contributed by atoms with Crippen molar-refractivity contribution in [1.29, 1.82) is 0 Å². The van der Waals surface area contributed by atoms with Gasteiger partial charge in [-0.15, -0.1) is 0 Å². The predicted molar refractivity (Wildman–Crippen MR) is 95.8 cm³/mol. The van der Waals surface area contributed by atoms with Crippen molar-refractivity contribution in [3.05, 3.63) is 60.2 Å². The normalized spacial score (nSPS) is 10.5. The highest BCUT2D eigenvalue weighted by Crippen LogP contribution is 2.23. The molecule has 24 heavy (non-hydrogen) atoms. The molecule has 0 saturated carbocycles. The standard InChI is InChI=1S/C17H17N5OS/c1-2-24-11-12-3-5-13(6-4-12)17(23)21-15-10-20-22-16(15)14-9-18-7-8-19-14/h3-10H,2,11H2,1H3,(H,20,22)(H,21,23). The summed E-state index contributed by atoms with van der Waals surface area (Å²) in [6, 6.07) is 7.64. The Morgan fingerprint density at radius 2 is 2.04 bits per heavy atom. The number of hydrogen-bond donors (Lipinski definition) is 2. The van der Waals surface area contributed by atoms with E-state index in [1.54, 1.807) is 24.8 Å². The number of nitrogens with zero attached hydrogens (tertiary/aromatic N) is 3. The van der Waals surface area contributed by atoms with Crippen molar-refractivity contribution in [3.8, 4) is 11.4 Å². The zero-order valence-corrected chi connectivity index (χ0v) is 14.0. The number of nitrogens with one attached hydrogen (secondary N) is 2. The van der Waals surface area contributed by atoms with Gasteiger partial charge >= 0.3 is 0 Å². The lowest BCUT2D eigenvalue weighted by molar-refractivity contribution is 0.102. The third-order valence-electron chi connectivity index (χ3n) is 3.40. The Morgan fingerprint density at radius 3 is 2.75 bits per heavy atom. The minimum absolute atomic E-state index is 0.184. The summed E-state index contributed by atoms with van der Waals surface area (Å²) >= 11 is 1.85. The Hall–Kier alpha value is -2.67. The largest absolute Gasteiger partial charge is 0.319 e. The van der Waals surface area contributed by atoms with Crippen LogP contribution in [0.5, 0.6) is 0 Å². The van der Waals surface area contributed by atoms with Gasteiger partial charge in [-0.3, -0.25) is 19.9 Å². The van der Waals surface area contributed by atoms with E-state index in [0.717, 1.165) is 11.5 Å². The summed E-state index contributed by atoms with van der Waals surface area (Å²) in [5.74, 6) is 1.85. The Balaban J connectivity index is 1.73. The summed E-state index contributed by atoms with van der Waals surface area (Å²) in [6.45, 7) is 2.13. The van der Waals surface area contributed by atoms with E-state index in [-0.39, 0.29) is 5.91 Å². The van der Waals surface area contributed by atoms with Gasteiger partial charge in [0, 0.05) is 23.7 Å². The average molecular weight is 339 g/mol. The maximum atomic E-state index is 12.4. The van der Waals surface area contributed by atoms with Crippen molar-refractivity contribution < 1.29 is 4.79 Å². The van der Waals surface area contributed by atoms with E-state index in [1.807, 2.05) is 36.0 Å². The second kappa shape index (κ2) is 7.74. The molecule has 3 aromatic rings. The summed E-state index contributed by atoms with van der Waals surface area (Å²) < 4.78 is 0. The summed E-state index contributed by atoms with van der Waals surface area (Å²) in [4.78, 5) is 20.7. The molecule has 0 radical (unpaired) electrons. The molecule has 6 nitrogen and oxygen atoms in total. The van der Waals surface area contributed by atoms with Crippen LogP contribution in [0.2, 0.25) is 0 Å². The number of rotatable bonds is 6. The first-order chi connectivity index (χ1) is 11.8. The Morgan fingerprint density at radius 1 is 1.21 bits per heavy atom. The fourth-order valence-electron chi connectivity index (χ4n) is 2.17. The second-order valence-corrected chi connectivity index (χ2v) is 6.31. The van der Waals surface area contributed by atoms with E-state index < -0.39 is 0 Å². The van der Waals surface area contributed by atoms with Gasteiger partial charge in [0.1, 0.15) is 11.4 Å². The topological polar surface area (TPSA) is 83.6 Å². The summed E-state index contributed by atoms with van der Waals surface area (Å²) in [5, 5.41) is 9.69.